The first-order valence-electron chi connectivity index (χ1n) is 13.5. The largest absolute Gasteiger partial charge is 0.494 e. The number of nitrogens with one attached hydrogen (secondary N) is 1. The summed E-state index contributed by atoms with van der Waals surface area (Å²) in [6.07, 6.45) is 2.10. The van der Waals surface area contributed by atoms with Crippen LogP contribution in [0.1, 0.15) is 41.7 Å². The summed E-state index contributed by atoms with van der Waals surface area (Å²) in [4.78, 5) is 19.8. The van der Waals surface area contributed by atoms with Crippen LogP contribution in [0.25, 0.3) is 0 Å². The molecule has 6 nitrogen and oxygen atoms in total. The minimum atomic E-state index is -0.219. The average Bonchev–Trinajstić information content (AvgIpc) is 2.94. The van der Waals surface area contributed by atoms with Crippen molar-refractivity contribution in [2.45, 2.75) is 25.8 Å². The van der Waals surface area contributed by atoms with Gasteiger partial charge in [0.1, 0.15) is 11.6 Å². The van der Waals surface area contributed by atoms with Crippen LogP contribution < -0.4 is 19.9 Å². The summed E-state index contributed by atoms with van der Waals surface area (Å²) in [5.41, 5.74) is 3.97. The second kappa shape index (κ2) is 13.3. The fourth-order valence-electron chi connectivity index (χ4n) is 4.72. The Bertz CT molecular complexity index is 1140. The van der Waals surface area contributed by atoms with Gasteiger partial charge in [0.15, 0.2) is 0 Å². The molecule has 1 amide bonds. The van der Waals surface area contributed by atoms with Gasteiger partial charge in [-0.05, 0) is 72.6 Å². The average molecular weight is 519 g/mol. The summed E-state index contributed by atoms with van der Waals surface area (Å²) in [7, 11) is 4.06. The molecule has 1 saturated heterocycles. The molecular weight excluding hydrogens is 479 g/mol. The quantitative estimate of drug-likeness (QED) is 0.346. The van der Waals surface area contributed by atoms with Crippen LogP contribution in [0.5, 0.6) is 5.75 Å². The summed E-state index contributed by atoms with van der Waals surface area (Å²) < 4.78 is 19.1. The summed E-state index contributed by atoms with van der Waals surface area (Å²) in [5.74, 6) is 0.473. The number of benzene rings is 3. The van der Waals surface area contributed by atoms with Gasteiger partial charge in [0, 0.05) is 63.8 Å². The smallest absolute Gasteiger partial charge is 0.251 e. The number of rotatable bonds is 11. The Balaban J connectivity index is 1.42. The summed E-state index contributed by atoms with van der Waals surface area (Å²) in [5, 5.41) is 3.17. The molecule has 202 valence electrons. The van der Waals surface area contributed by atoms with Crippen molar-refractivity contribution in [3.63, 3.8) is 0 Å². The fraction of sp³-hybridized carbons (Fsp3) is 0.387. The minimum Gasteiger partial charge on any atom is -0.494 e. The van der Waals surface area contributed by atoms with Crippen LogP contribution in [0, 0.1) is 5.82 Å². The second-order valence-corrected chi connectivity index (χ2v) is 9.94. The Morgan fingerprint density at radius 3 is 2.21 bits per heavy atom. The summed E-state index contributed by atoms with van der Waals surface area (Å²) >= 11 is 0. The van der Waals surface area contributed by atoms with Gasteiger partial charge in [-0.3, -0.25) is 9.69 Å². The van der Waals surface area contributed by atoms with Crippen molar-refractivity contribution in [1.29, 1.82) is 0 Å². The highest BCUT2D eigenvalue weighted by Crippen LogP contribution is 2.26. The molecule has 4 rings (SSSR count). The van der Waals surface area contributed by atoms with E-state index in [9.17, 15) is 9.18 Å². The molecule has 3 aromatic carbocycles. The van der Waals surface area contributed by atoms with E-state index in [1.807, 2.05) is 50.5 Å². The first-order valence-corrected chi connectivity index (χ1v) is 13.5. The third-order valence-electron chi connectivity index (χ3n) is 7.08. The number of nitrogens with zero attached hydrogens (tertiary/aromatic N) is 3. The predicted octanol–water partition coefficient (Wildman–Crippen LogP) is 5.36. The van der Waals surface area contributed by atoms with Gasteiger partial charge in [-0.15, -0.1) is 0 Å². The Kier molecular flexibility index (Phi) is 9.60. The van der Waals surface area contributed by atoms with Crippen LogP contribution >= 0.6 is 0 Å². The van der Waals surface area contributed by atoms with Crippen LogP contribution in [0.4, 0.5) is 15.8 Å². The first-order chi connectivity index (χ1) is 18.4. The van der Waals surface area contributed by atoms with Gasteiger partial charge in [0.25, 0.3) is 5.91 Å². The Morgan fingerprint density at radius 1 is 0.947 bits per heavy atom. The van der Waals surface area contributed by atoms with E-state index < -0.39 is 0 Å². The maximum Gasteiger partial charge on any atom is 0.251 e. The molecule has 3 aromatic rings. The molecule has 0 aliphatic carbocycles. The molecule has 1 heterocycles. The number of halogens is 1. The minimum absolute atomic E-state index is 0.0437. The van der Waals surface area contributed by atoms with Gasteiger partial charge in [0.2, 0.25) is 0 Å². The van der Waals surface area contributed by atoms with E-state index in [0.717, 1.165) is 56.1 Å². The lowest BCUT2D eigenvalue weighted by Crippen LogP contribution is -2.50. The van der Waals surface area contributed by atoms with Crippen LogP contribution in [0.15, 0.2) is 72.8 Å². The third-order valence-corrected chi connectivity index (χ3v) is 7.08. The predicted molar refractivity (Wildman–Crippen MR) is 153 cm³/mol. The van der Waals surface area contributed by atoms with Gasteiger partial charge in [0.05, 0.1) is 12.6 Å². The number of unbranched alkanes of at least 4 members (excludes halogenated alkanes) is 1. The van der Waals surface area contributed by atoms with Crippen molar-refractivity contribution in [1.82, 2.24) is 10.2 Å². The number of hydrogen-bond acceptors (Lipinski definition) is 5. The van der Waals surface area contributed by atoms with E-state index in [0.29, 0.717) is 18.7 Å². The molecule has 1 fully saturated rings. The molecule has 0 radical (unpaired) electrons. The molecule has 0 saturated carbocycles. The number of carbonyl (C=O) groups is 1. The van der Waals surface area contributed by atoms with E-state index in [1.54, 1.807) is 0 Å². The molecule has 1 aliphatic rings. The van der Waals surface area contributed by atoms with Crippen molar-refractivity contribution in [3.05, 3.63) is 89.7 Å². The maximum atomic E-state index is 13.4. The number of carbonyl (C=O) groups excluding carboxylic acids is 1. The van der Waals surface area contributed by atoms with Gasteiger partial charge in [-0.1, -0.05) is 25.5 Å². The highest BCUT2D eigenvalue weighted by atomic mass is 19.1. The summed E-state index contributed by atoms with van der Waals surface area (Å²) in [6.45, 7) is 6.69. The van der Waals surface area contributed by atoms with Crippen LogP contribution in [-0.2, 0) is 0 Å². The zero-order valence-electron chi connectivity index (χ0n) is 22.7. The Morgan fingerprint density at radius 2 is 1.61 bits per heavy atom. The van der Waals surface area contributed by atoms with E-state index >= 15 is 0 Å². The van der Waals surface area contributed by atoms with E-state index in [1.165, 1.54) is 17.7 Å². The number of amides is 1. The van der Waals surface area contributed by atoms with Gasteiger partial charge in [-0.2, -0.15) is 0 Å². The zero-order chi connectivity index (χ0) is 26.9. The molecule has 0 bridgehead atoms. The molecule has 38 heavy (non-hydrogen) atoms. The SMILES string of the molecule is CCCCOc1ccc(C(=O)NCC(c2ccc(N(C)C)cc2)N2CCN(c3ccc(F)cc3)CC2)cc1. The number of hydrogen-bond donors (Lipinski definition) is 1. The maximum absolute atomic E-state index is 13.4. The lowest BCUT2D eigenvalue weighted by molar-refractivity contribution is 0.0930. The van der Waals surface area contributed by atoms with Gasteiger partial charge < -0.3 is 19.9 Å². The number of piperazine rings is 1. The van der Waals surface area contributed by atoms with Crippen LogP contribution in [0.3, 0.4) is 0 Å². The van der Waals surface area contributed by atoms with E-state index in [2.05, 4.69) is 51.2 Å². The molecule has 0 spiro atoms. The monoisotopic (exact) mass is 518 g/mol. The van der Waals surface area contributed by atoms with Crippen molar-refractivity contribution >= 4 is 17.3 Å². The van der Waals surface area contributed by atoms with Crippen molar-refractivity contribution < 1.29 is 13.9 Å². The van der Waals surface area contributed by atoms with E-state index in [-0.39, 0.29) is 17.8 Å². The first kappa shape index (κ1) is 27.5. The number of anilines is 2. The highest BCUT2D eigenvalue weighted by molar-refractivity contribution is 5.94. The van der Waals surface area contributed by atoms with Crippen molar-refractivity contribution in [2.24, 2.45) is 0 Å². The van der Waals surface area contributed by atoms with E-state index in [4.69, 9.17) is 4.74 Å². The van der Waals surface area contributed by atoms with Crippen LogP contribution in [-0.4, -0.2) is 64.2 Å². The summed E-state index contributed by atoms with van der Waals surface area (Å²) in [6, 6.07) is 22.6. The lowest BCUT2D eigenvalue weighted by Gasteiger charge is -2.40. The molecule has 0 aromatic heterocycles. The molecule has 1 N–H and O–H groups in total. The normalized spacial score (nSPS) is 14.7. The Labute approximate surface area is 226 Å². The van der Waals surface area contributed by atoms with Crippen molar-refractivity contribution in [2.75, 3.05) is 63.2 Å². The van der Waals surface area contributed by atoms with Crippen LogP contribution in [0.2, 0.25) is 0 Å². The van der Waals surface area contributed by atoms with Crippen molar-refractivity contribution in [3.8, 4) is 5.75 Å². The molecule has 1 aliphatic heterocycles. The highest BCUT2D eigenvalue weighted by Gasteiger charge is 2.26. The van der Waals surface area contributed by atoms with Gasteiger partial charge in [-0.25, -0.2) is 4.39 Å². The molecule has 1 unspecified atom stereocenters. The molecule has 1 atom stereocenters. The Hall–Kier alpha value is -3.58. The lowest BCUT2D eigenvalue weighted by atomic mass is 10.0. The van der Waals surface area contributed by atoms with Gasteiger partial charge >= 0.3 is 0 Å². The standard InChI is InChI=1S/C31H39FN4O2/c1-4-5-22-38-29-16-8-25(9-17-29)31(37)33-23-30(24-6-12-27(13-7-24)34(2)3)36-20-18-35(19-21-36)28-14-10-26(32)11-15-28/h6-17,30H,4-5,18-23H2,1-3H3,(H,33,37). The number of ether oxygens (including phenoxy) is 1. The molecule has 7 heteroatoms. The third kappa shape index (κ3) is 7.25. The fourth-order valence-corrected chi connectivity index (χ4v) is 4.72. The zero-order valence-corrected chi connectivity index (χ0v) is 22.7. The second-order valence-electron chi connectivity index (χ2n) is 9.94. The topological polar surface area (TPSA) is 48.1 Å². The molecular formula is C31H39FN4O2.